The minimum atomic E-state index is -3.80. The molecule has 0 saturated carbocycles. The van der Waals surface area contributed by atoms with Gasteiger partial charge in [-0.3, -0.25) is 0 Å². The Labute approximate surface area is 155 Å². The molecule has 0 amide bonds. The van der Waals surface area contributed by atoms with Crippen molar-refractivity contribution in [3.63, 3.8) is 0 Å². The van der Waals surface area contributed by atoms with Crippen LogP contribution in [0.15, 0.2) is 35.5 Å². The summed E-state index contributed by atoms with van der Waals surface area (Å²) >= 11 is 5.74. The van der Waals surface area contributed by atoms with Crippen molar-refractivity contribution >= 4 is 27.6 Å². The van der Waals surface area contributed by atoms with Crippen LogP contribution in [0.4, 0.5) is 10.3 Å². The smallest absolute Gasteiger partial charge is 0.243 e. The number of nitrogens with one attached hydrogen (secondary N) is 1. The predicted octanol–water partition coefficient (Wildman–Crippen LogP) is 2.41. The highest BCUT2D eigenvalue weighted by Gasteiger charge is 2.30. The molecule has 1 fully saturated rings. The Balaban J connectivity index is 1.66. The van der Waals surface area contributed by atoms with Crippen molar-refractivity contribution < 1.29 is 12.8 Å². The van der Waals surface area contributed by atoms with E-state index < -0.39 is 15.8 Å². The van der Waals surface area contributed by atoms with Crippen LogP contribution in [0.1, 0.15) is 18.4 Å². The van der Waals surface area contributed by atoms with Crippen LogP contribution in [0, 0.1) is 17.1 Å². The molecule has 3 rings (SSSR count). The minimum Gasteiger partial charge on any atom is -0.351 e. The summed E-state index contributed by atoms with van der Waals surface area (Å²) in [5, 5.41) is 12.3. The number of halogens is 2. The Morgan fingerprint density at radius 2 is 1.92 bits per heavy atom. The van der Waals surface area contributed by atoms with Crippen molar-refractivity contribution in [3.05, 3.63) is 47.0 Å². The van der Waals surface area contributed by atoms with Crippen LogP contribution in [-0.2, 0) is 10.0 Å². The molecule has 0 bridgehead atoms. The molecule has 1 aliphatic heterocycles. The average molecular weight is 396 g/mol. The van der Waals surface area contributed by atoms with E-state index in [9.17, 15) is 12.8 Å². The first-order chi connectivity index (χ1) is 12.4. The van der Waals surface area contributed by atoms with E-state index in [-0.39, 0.29) is 29.6 Å². The van der Waals surface area contributed by atoms with Crippen LogP contribution in [0.3, 0.4) is 0 Å². The van der Waals surface area contributed by atoms with Gasteiger partial charge in [0.1, 0.15) is 11.9 Å². The largest absolute Gasteiger partial charge is 0.351 e. The van der Waals surface area contributed by atoms with Crippen molar-refractivity contribution in [2.45, 2.75) is 23.8 Å². The Morgan fingerprint density at radius 3 is 2.50 bits per heavy atom. The highest BCUT2D eigenvalue weighted by molar-refractivity contribution is 7.89. The number of benzene rings is 1. The molecule has 2 heterocycles. The Kier molecular flexibility index (Phi) is 5.36. The molecular formula is C16H15ClFN5O2S. The lowest BCUT2D eigenvalue weighted by molar-refractivity contribution is 0.329. The van der Waals surface area contributed by atoms with E-state index in [1.54, 1.807) is 6.07 Å². The van der Waals surface area contributed by atoms with Gasteiger partial charge in [0, 0.05) is 19.1 Å². The van der Waals surface area contributed by atoms with E-state index in [4.69, 9.17) is 16.9 Å². The van der Waals surface area contributed by atoms with Gasteiger partial charge in [0.25, 0.3) is 0 Å². The van der Waals surface area contributed by atoms with Crippen LogP contribution < -0.4 is 5.32 Å². The zero-order chi connectivity index (χ0) is 18.7. The van der Waals surface area contributed by atoms with E-state index in [1.165, 1.54) is 28.8 Å². The fourth-order valence-electron chi connectivity index (χ4n) is 2.71. The van der Waals surface area contributed by atoms with E-state index in [2.05, 4.69) is 15.3 Å². The van der Waals surface area contributed by atoms with Gasteiger partial charge in [0.2, 0.25) is 16.0 Å². The summed E-state index contributed by atoms with van der Waals surface area (Å²) < 4.78 is 40.4. The summed E-state index contributed by atoms with van der Waals surface area (Å²) in [6.07, 6.45) is 4.08. The van der Waals surface area contributed by atoms with E-state index in [0.717, 1.165) is 6.07 Å². The van der Waals surface area contributed by atoms with Crippen LogP contribution in [0.5, 0.6) is 0 Å². The molecule has 0 aliphatic carbocycles. The number of hydrogen-bond acceptors (Lipinski definition) is 6. The molecule has 0 radical (unpaired) electrons. The maximum Gasteiger partial charge on any atom is 0.243 e. The zero-order valence-corrected chi connectivity index (χ0v) is 15.1. The molecule has 1 N–H and O–H groups in total. The van der Waals surface area contributed by atoms with Gasteiger partial charge >= 0.3 is 0 Å². The first-order valence-electron chi connectivity index (χ1n) is 7.84. The van der Waals surface area contributed by atoms with Crippen molar-refractivity contribution in [1.82, 2.24) is 14.3 Å². The number of anilines is 1. The first kappa shape index (κ1) is 18.5. The van der Waals surface area contributed by atoms with E-state index in [1.807, 2.05) is 0 Å². The lowest BCUT2D eigenvalue weighted by Crippen LogP contribution is -2.42. The van der Waals surface area contributed by atoms with Gasteiger partial charge in [0.15, 0.2) is 0 Å². The number of rotatable bonds is 4. The quantitative estimate of drug-likeness (QED) is 0.853. The second-order valence-electron chi connectivity index (χ2n) is 5.80. The van der Waals surface area contributed by atoms with Gasteiger partial charge < -0.3 is 5.32 Å². The first-order valence-corrected chi connectivity index (χ1v) is 9.66. The van der Waals surface area contributed by atoms with Gasteiger partial charge in [0.05, 0.1) is 27.9 Å². The van der Waals surface area contributed by atoms with Crippen LogP contribution in [-0.4, -0.2) is 41.8 Å². The van der Waals surface area contributed by atoms with Crippen molar-refractivity contribution in [3.8, 4) is 6.07 Å². The van der Waals surface area contributed by atoms with Gasteiger partial charge in [-0.2, -0.15) is 9.57 Å². The van der Waals surface area contributed by atoms with Gasteiger partial charge in [-0.25, -0.2) is 22.8 Å². The molecule has 1 aromatic heterocycles. The summed E-state index contributed by atoms with van der Waals surface area (Å²) in [4.78, 5) is 7.97. The molecule has 1 aromatic carbocycles. The number of aromatic nitrogens is 2. The molecule has 0 unspecified atom stereocenters. The molecule has 0 spiro atoms. The second-order valence-corrected chi connectivity index (χ2v) is 8.18. The third-order valence-electron chi connectivity index (χ3n) is 4.11. The number of nitrogens with zero attached hydrogens (tertiary/aromatic N) is 4. The number of sulfonamides is 1. The molecule has 2 aromatic rings. The minimum absolute atomic E-state index is 0.0281. The third-order valence-corrected chi connectivity index (χ3v) is 6.20. The molecule has 7 nitrogen and oxygen atoms in total. The number of hydrogen-bond donors (Lipinski definition) is 1. The Morgan fingerprint density at radius 1 is 1.27 bits per heavy atom. The summed E-state index contributed by atoms with van der Waals surface area (Å²) in [7, 11) is -3.80. The Hall–Kier alpha value is -2.28. The SMILES string of the molecule is N#Cc1ccc(S(=O)(=O)N2CCC(Nc3ncc(Cl)cn3)CC2)cc1F. The molecule has 1 saturated heterocycles. The third kappa shape index (κ3) is 3.93. The predicted molar refractivity (Wildman–Crippen MR) is 93.6 cm³/mol. The topological polar surface area (TPSA) is 99.0 Å². The summed E-state index contributed by atoms with van der Waals surface area (Å²) in [5.74, 6) is -0.408. The lowest BCUT2D eigenvalue weighted by Gasteiger charge is -2.31. The highest BCUT2D eigenvalue weighted by atomic mass is 35.5. The molecule has 136 valence electrons. The van der Waals surface area contributed by atoms with E-state index in [0.29, 0.717) is 23.8 Å². The van der Waals surface area contributed by atoms with Crippen LogP contribution >= 0.6 is 11.6 Å². The molecule has 1 aliphatic rings. The molecule has 26 heavy (non-hydrogen) atoms. The summed E-state index contributed by atoms with van der Waals surface area (Å²) in [5.41, 5.74) is -0.185. The fourth-order valence-corrected chi connectivity index (χ4v) is 4.29. The molecule has 0 atom stereocenters. The van der Waals surface area contributed by atoms with Gasteiger partial charge in [-0.1, -0.05) is 11.6 Å². The molecule has 10 heteroatoms. The normalized spacial score (nSPS) is 16.2. The van der Waals surface area contributed by atoms with E-state index >= 15 is 0 Å². The Bertz CT molecular complexity index is 938. The lowest BCUT2D eigenvalue weighted by atomic mass is 10.1. The maximum atomic E-state index is 13.7. The van der Waals surface area contributed by atoms with Crippen LogP contribution in [0.2, 0.25) is 5.02 Å². The zero-order valence-electron chi connectivity index (χ0n) is 13.6. The average Bonchev–Trinajstić information content (AvgIpc) is 2.64. The van der Waals surface area contributed by atoms with Crippen LogP contribution in [0.25, 0.3) is 0 Å². The number of nitriles is 1. The maximum absolute atomic E-state index is 13.7. The highest BCUT2D eigenvalue weighted by Crippen LogP contribution is 2.23. The summed E-state index contributed by atoms with van der Waals surface area (Å²) in [6.45, 7) is 0.574. The van der Waals surface area contributed by atoms with Gasteiger partial charge in [-0.15, -0.1) is 0 Å². The molecular weight excluding hydrogens is 381 g/mol. The standard InChI is InChI=1S/C16H15ClFN5O2S/c17-12-9-20-16(21-10-12)22-13-3-5-23(6-4-13)26(24,25)14-2-1-11(8-19)15(18)7-14/h1-2,7,9-10,13H,3-6H2,(H,20,21,22). The fraction of sp³-hybridized carbons (Fsp3) is 0.312. The van der Waals surface area contributed by atoms with Crippen molar-refractivity contribution in [1.29, 1.82) is 5.26 Å². The second kappa shape index (κ2) is 7.53. The van der Waals surface area contributed by atoms with Crippen molar-refractivity contribution in [2.75, 3.05) is 18.4 Å². The van der Waals surface area contributed by atoms with Gasteiger partial charge in [-0.05, 0) is 31.0 Å². The van der Waals surface area contributed by atoms with Crippen molar-refractivity contribution in [2.24, 2.45) is 0 Å². The number of piperidine rings is 1. The summed E-state index contributed by atoms with van der Waals surface area (Å²) in [6, 6.07) is 5.02. The monoisotopic (exact) mass is 395 g/mol.